The molecule has 0 amide bonds. The van der Waals surface area contributed by atoms with Crippen molar-refractivity contribution in [1.29, 1.82) is 0 Å². The van der Waals surface area contributed by atoms with E-state index in [0.29, 0.717) is 11.7 Å². The summed E-state index contributed by atoms with van der Waals surface area (Å²) in [6.45, 7) is 3.88. The average molecular weight is 281 g/mol. The van der Waals surface area contributed by atoms with Gasteiger partial charge in [-0.15, -0.1) is 0 Å². The highest BCUT2D eigenvalue weighted by atomic mass is 16.5. The van der Waals surface area contributed by atoms with Crippen molar-refractivity contribution in [3.8, 4) is 17.1 Å². The Morgan fingerprint density at radius 2 is 1.86 bits per heavy atom. The molecule has 106 valence electrons. The van der Waals surface area contributed by atoms with Crippen LogP contribution < -0.4 is 4.74 Å². The third-order valence-electron chi connectivity index (χ3n) is 3.13. The molecule has 0 aliphatic rings. The number of rotatable bonds is 4. The van der Waals surface area contributed by atoms with Crippen LogP contribution in [0.25, 0.3) is 11.4 Å². The van der Waals surface area contributed by atoms with Crippen molar-refractivity contribution >= 4 is 0 Å². The Labute approximate surface area is 122 Å². The van der Waals surface area contributed by atoms with Crippen molar-refractivity contribution < 1.29 is 9.26 Å². The summed E-state index contributed by atoms with van der Waals surface area (Å²) < 4.78 is 11.2. The second kappa shape index (κ2) is 5.75. The molecule has 0 fully saturated rings. The van der Waals surface area contributed by atoms with Gasteiger partial charge in [0.05, 0.1) is 0 Å². The average Bonchev–Trinajstić information content (AvgIpc) is 3.00. The number of hydrogen-bond acceptors (Lipinski definition) is 5. The van der Waals surface area contributed by atoms with Crippen LogP contribution in [0.5, 0.6) is 5.75 Å². The van der Waals surface area contributed by atoms with E-state index in [9.17, 15) is 0 Å². The lowest BCUT2D eigenvalue weighted by Gasteiger charge is -2.12. The van der Waals surface area contributed by atoms with E-state index in [1.165, 1.54) is 0 Å². The number of aryl methyl sites for hydroxylation is 1. The van der Waals surface area contributed by atoms with Gasteiger partial charge in [0.1, 0.15) is 5.75 Å². The SMILES string of the molecule is Cc1ccccc1O[C@H](C)c1nc(-c2ccncc2)no1. The maximum atomic E-state index is 5.87. The van der Waals surface area contributed by atoms with Gasteiger partial charge in [-0.1, -0.05) is 23.4 Å². The van der Waals surface area contributed by atoms with Crippen molar-refractivity contribution in [2.75, 3.05) is 0 Å². The molecule has 21 heavy (non-hydrogen) atoms. The Morgan fingerprint density at radius 3 is 2.62 bits per heavy atom. The van der Waals surface area contributed by atoms with E-state index in [2.05, 4.69) is 15.1 Å². The number of nitrogens with zero attached hydrogens (tertiary/aromatic N) is 3. The van der Waals surface area contributed by atoms with Gasteiger partial charge in [0.25, 0.3) is 5.89 Å². The Hall–Kier alpha value is -2.69. The van der Waals surface area contributed by atoms with Crippen molar-refractivity contribution in [2.24, 2.45) is 0 Å². The molecule has 1 aromatic carbocycles. The summed E-state index contributed by atoms with van der Waals surface area (Å²) in [5.74, 6) is 1.80. The van der Waals surface area contributed by atoms with E-state index >= 15 is 0 Å². The first-order valence-electron chi connectivity index (χ1n) is 6.70. The third-order valence-corrected chi connectivity index (χ3v) is 3.13. The summed E-state index contributed by atoms with van der Waals surface area (Å²) in [5.41, 5.74) is 1.93. The molecule has 0 saturated heterocycles. The Kier molecular flexibility index (Phi) is 3.64. The predicted octanol–water partition coefficient (Wildman–Crippen LogP) is 3.58. The molecule has 2 aromatic heterocycles. The number of hydrogen-bond donors (Lipinski definition) is 0. The first kappa shape index (κ1) is 13.3. The molecule has 2 heterocycles. The molecule has 0 aliphatic carbocycles. The van der Waals surface area contributed by atoms with Gasteiger partial charge in [-0.25, -0.2) is 0 Å². The smallest absolute Gasteiger partial charge is 0.267 e. The number of aromatic nitrogens is 3. The van der Waals surface area contributed by atoms with Gasteiger partial charge in [0.2, 0.25) is 5.82 Å². The molecule has 5 nitrogen and oxygen atoms in total. The lowest BCUT2D eigenvalue weighted by molar-refractivity contribution is 0.175. The molecule has 0 spiro atoms. The Balaban J connectivity index is 1.79. The van der Waals surface area contributed by atoms with E-state index in [4.69, 9.17) is 9.26 Å². The molecular weight excluding hydrogens is 266 g/mol. The normalized spacial score (nSPS) is 12.1. The fourth-order valence-electron chi connectivity index (χ4n) is 1.95. The number of pyridine rings is 1. The molecule has 3 rings (SSSR count). The molecule has 5 heteroatoms. The summed E-state index contributed by atoms with van der Waals surface area (Å²) in [6.07, 6.45) is 3.08. The minimum absolute atomic E-state index is 0.311. The maximum absolute atomic E-state index is 5.87. The van der Waals surface area contributed by atoms with Gasteiger partial charge >= 0.3 is 0 Å². The quantitative estimate of drug-likeness (QED) is 0.731. The van der Waals surface area contributed by atoms with Gasteiger partial charge in [-0.05, 0) is 37.6 Å². The number of benzene rings is 1. The maximum Gasteiger partial charge on any atom is 0.267 e. The monoisotopic (exact) mass is 281 g/mol. The number of ether oxygens (including phenoxy) is 1. The zero-order valence-corrected chi connectivity index (χ0v) is 11.9. The van der Waals surface area contributed by atoms with Crippen LogP contribution in [0.2, 0.25) is 0 Å². The van der Waals surface area contributed by atoms with Crippen molar-refractivity contribution in [1.82, 2.24) is 15.1 Å². The lowest BCUT2D eigenvalue weighted by Crippen LogP contribution is -2.04. The molecule has 3 aromatic rings. The fourth-order valence-corrected chi connectivity index (χ4v) is 1.95. The van der Waals surface area contributed by atoms with Gasteiger partial charge in [-0.3, -0.25) is 4.98 Å². The third kappa shape index (κ3) is 2.91. The summed E-state index contributed by atoms with van der Waals surface area (Å²) >= 11 is 0. The molecule has 0 saturated carbocycles. The van der Waals surface area contributed by atoms with Crippen LogP contribution in [-0.2, 0) is 0 Å². The molecule has 0 bridgehead atoms. The van der Waals surface area contributed by atoms with E-state index in [1.54, 1.807) is 12.4 Å². The molecule has 0 unspecified atom stereocenters. The molecular formula is C16H15N3O2. The van der Waals surface area contributed by atoms with E-state index in [1.807, 2.05) is 50.2 Å². The van der Waals surface area contributed by atoms with Gasteiger partial charge in [-0.2, -0.15) is 4.98 Å². The first-order chi connectivity index (χ1) is 10.2. The standard InChI is InChI=1S/C16H15N3O2/c1-11-5-3-4-6-14(11)20-12(2)16-18-15(19-21-16)13-7-9-17-10-8-13/h3-10,12H,1-2H3/t12-/m1/s1. The molecule has 0 N–H and O–H groups in total. The second-order valence-electron chi connectivity index (χ2n) is 4.72. The zero-order chi connectivity index (χ0) is 14.7. The second-order valence-corrected chi connectivity index (χ2v) is 4.72. The first-order valence-corrected chi connectivity index (χ1v) is 6.70. The van der Waals surface area contributed by atoms with Crippen LogP contribution in [0.3, 0.4) is 0 Å². The molecule has 0 radical (unpaired) electrons. The highest BCUT2D eigenvalue weighted by molar-refractivity contribution is 5.52. The highest BCUT2D eigenvalue weighted by Gasteiger charge is 2.17. The van der Waals surface area contributed by atoms with Crippen molar-refractivity contribution in [3.63, 3.8) is 0 Å². The highest BCUT2D eigenvalue weighted by Crippen LogP contribution is 2.25. The summed E-state index contributed by atoms with van der Waals surface area (Å²) in [5, 5.41) is 3.98. The Bertz CT molecular complexity index is 725. The lowest BCUT2D eigenvalue weighted by atomic mass is 10.2. The minimum atomic E-state index is -0.311. The van der Waals surface area contributed by atoms with Crippen LogP contribution in [-0.4, -0.2) is 15.1 Å². The number of para-hydroxylation sites is 1. The molecule has 0 aliphatic heterocycles. The van der Waals surface area contributed by atoms with Crippen LogP contribution >= 0.6 is 0 Å². The summed E-state index contributed by atoms with van der Waals surface area (Å²) in [4.78, 5) is 8.34. The van der Waals surface area contributed by atoms with Crippen LogP contribution in [0, 0.1) is 6.92 Å². The van der Waals surface area contributed by atoms with Crippen LogP contribution in [0.1, 0.15) is 24.5 Å². The molecule has 1 atom stereocenters. The topological polar surface area (TPSA) is 61.0 Å². The predicted molar refractivity (Wildman–Crippen MR) is 77.8 cm³/mol. The minimum Gasteiger partial charge on any atom is -0.481 e. The fraction of sp³-hybridized carbons (Fsp3) is 0.188. The van der Waals surface area contributed by atoms with Gasteiger partial charge in [0, 0.05) is 18.0 Å². The summed E-state index contributed by atoms with van der Waals surface area (Å²) in [6, 6.07) is 11.5. The van der Waals surface area contributed by atoms with Crippen molar-refractivity contribution in [2.45, 2.75) is 20.0 Å². The Morgan fingerprint density at radius 1 is 1.10 bits per heavy atom. The zero-order valence-electron chi connectivity index (χ0n) is 11.9. The largest absolute Gasteiger partial charge is 0.481 e. The van der Waals surface area contributed by atoms with E-state index in [0.717, 1.165) is 16.9 Å². The summed E-state index contributed by atoms with van der Waals surface area (Å²) in [7, 11) is 0. The van der Waals surface area contributed by atoms with Crippen LogP contribution in [0.4, 0.5) is 0 Å². The van der Waals surface area contributed by atoms with E-state index < -0.39 is 0 Å². The van der Waals surface area contributed by atoms with Crippen LogP contribution in [0.15, 0.2) is 53.3 Å². The van der Waals surface area contributed by atoms with E-state index in [-0.39, 0.29) is 6.10 Å². The van der Waals surface area contributed by atoms with Gasteiger partial charge < -0.3 is 9.26 Å². The van der Waals surface area contributed by atoms with Crippen molar-refractivity contribution in [3.05, 3.63) is 60.2 Å². The van der Waals surface area contributed by atoms with Gasteiger partial charge in [0.15, 0.2) is 6.10 Å².